The maximum absolute atomic E-state index is 11.1. The van der Waals surface area contributed by atoms with Gasteiger partial charge in [0.25, 0.3) is 0 Å². The van der Waals surface area contributed by atoms with Crippen molar-refractivity contribution in [2.24, 2.45) is 0 Å². The molecule has 0 fully saturated rings. The lowest BCUT2D eigenvalue weighted by Crippen LogP contribution is -2.02. The molecular formula is C9H9BrINO. The number of hydrogen-bond donors (Lipinski definition) is 1. The standard InChI is InChI=1S/C9H9BrINO/c1-5(13)9(10)6-2-7(11)4-8(12)3-6/h2-4,9H,12H2,1H3. The highest BCUT2D eigenvalue weighted by Crippen LogP contribution is 2.26. The number of nitrogens with two attached hydrogens (primary N) is 1. The predicted molar refractivity (Wildman–Crippen MR) is 65.9 cm³/mol. The number of anilines is 1. The summed E-state index contributed by atoms with van der Waals surface area (Å²) in [6, 6.07) is 5.62. The minimum atomic E-state index is -0.246. The second kappa shape index (κ2) is 4.41. The van der Waals surface area contributed by atoms with Gasteiger partial charge in [0.1, 0.15) is 5.78 Å². The molecule has 0 saturated carbocycles. The number of Topliss-reactive ketones (excluding diaryl/α,β-unsaturated/α-hetero) is 1. The van der Waals surface area contributed by atoms with Gasteiger partial charge in [-0.3, -0.25) is 4.79 Å². The van der Waals surface area contributed by atoms with Gasteiger partial charge in [-0.05, 0) is 53.3 Å². The topological polar surface area (TPSA) is 43.1 Å². The van der Waals surface area contributed by atoms with Gasteiger partial charge < -0.3 is 5.73 Å². The average molecular weight is 354 g/mol. The van der Waals surface area contributed by atoms with Crippen LogP contribution in [0.2, 0.25) is 0 Å². The van der Waals surface area contributed by atoms with Crippen LogP contribution >= 0.6 is 38.5 Å². The van der Waals surface area contributed by atoms with Crippen LogP contribution in [0.4, 0.5) is 5.69 Å². The van der Waals surface area contributed by atoms with E-state index in [0.29, 0.717) is 5.69 Å². The molecule has 1 aromatic carbocycles. The summed E-state index contributed by atoms with van der Waals surface area (Å²) in [4.78, 5) is 10.8. The predicted octanol–water partition coefficient (Wildman–Crippen LogP) is 2.90. The molecule has 0 amide bonds. The van der Waals surface area contributed by atoms with E-state index in [-0.39, 0.29) is 10.6 Å². The average Bonchev–Trinajstić information content (AvgIpc) is 2.01. The smallest absolute Gasteiger partial charge is 0.147 e. The molecule has 0 bridgehead atoms. The van der Waals surface area contributed by atoms with Crippen LogP contribution in [0.5, 0.6) is 0 Å². The van der Waals surface area contributed by atoms with Crippen molar-refractivity contribution in [3.63, 3.8) is 0 Å². The summed E-state index contributed by atoms with van der Waals surface area (Å²) in [5, 5.41) is 0. The first-order valence-electron chi connectivity index (χ1n) is 3.71. The van der Waals surface area contributed by atoms with Gasteiger partial charge in [0, 0.05) is 9.26 Å². The van der Waals surface area contributed by atoms with E-state index in [1.165, 1.54) is 0 Å². The molecule has 0 aliphatic heterocycles. The molecule has 1 aromatic rings. The van der Waals surface area contributed by atoms with Crippen LogP contribution in [-0.4, -0.2) is 5.78 Å². The van der Waals surface area contributed by atoms with Crippen molar-refractivity contribution in [1.82, 2.24) is 0 Å². The first-order valence-corrected chi connectivity index (χ1v) is 5.70. The van der Waals surface area contributed by atoms with Gasteiger partial charge >= 0.3 is 0 Å². The summed E-state index contributed by atoms with van der Waals surface area (Å²) >= 11 is 5.49. The lowest BCUT2D eigenvalue weighted by molar-refractivity contribution is -0.116. The molecule has 4 heteroatoms. The quantitative estimate of drug-likeness (QED) is 0.504. The highest BCUT2D eigenvalue weighted by atomic mass is 127. The highest BCUT2D eigenvalue weighted by Gasteiger charge is 2.12. The van der Waals surface area contributed by atoms with E-state index in [0.717, 1.165) is 9.13 Å². The van der Waals surface area contributed by atoms with Crippen LogP contribution in [-0.2, 0) is 4.79 Å². The number of nitrogen functional groups attached to an aromatic ring is 1. The van der Waals surface area contributed by atoms with Gasteiger partial charge in [0.2, 0.25) is 0 Å². The number of halogens is 2. The number of carbonyl (C=O) groups is 1. The van der Waals surface area contributed by atoms with Gasteiger partial charge in [-0.1, -0.05) is 15.9 Å². The van der Waals surface area contributed by atoms with Crippen molar-refractivity contribution in [1.29, 1.82) is 0 Å². The Balaban J connectivity index is 3.07. The first kappa shape index (κ1) is 11.0. The third-order valence-corrected chi connectivity index (χ3v) is 3.39. The normalized spacial score (nSPS) is 12.5. The van der Waals surface area contributed by atoms with E-state index < -0.39 is 0 Å². The monoisotopic (exact) mass is 353 g/mol. The van der Waals surface area contributed by atoms with Gasteiger partial charge in [0.05, 0.1) is 4.83 Å². The lowest BCUT2D eigenvalue weighted by atomic mass is 10.1. The molecule has 70 valence electrons. The van der Waals surface area contributed by atoms with Crippen LogP contribution in [0.3, 0.4) is 0 Å². The van der Waals surface area contributed by atoms with E-state index in [1.54, 1.807) is 6.92 Å². The lowest BCUT2D eigenvalue weighted by Gasteiger charge is -2.07. The fourth-order valence-electron chi connectivity index (χ4n) is 1.02. The number of benzene rings is 1. The fraction of sp³-hybridized carbons (Fsp3) is 0.222. The Hall–Kier alpha value is -0.100. The van der Waals surface area contributed by atoms with Gasteiger partial charge in [-0.15, -0.1) is 0 Å². The zero-order valence-corrected chi connectivity index (χ0v) is 10.8. The molecule has 0 spiro atoms. The maximum atomic E-state index is 11.1. The Bertz CT molecular complexity index is 320. The summed E-state index contributed by atoms with van der Waals surface area (Å²) in [5.74, 6) is 0.0846. The maximum Gasteiger partial charge on any atom is 0.147 e. The summed E-state index contributed by atoms with van der Waals surface area (Å²) in [5.41, 5.74) is 7.26. The second-order valence-corrected chi connectivity index (χ2v) is 4.95. The van der Waals surface area contributed by atoms with Crippen LogP contribution in [0.25, 0.3) is 0 Å². The van der Waals surface area contributed by atoms with E-state index >= 15 is 0 Å². The number of ketones is 1. The van der Waals surface area contributed by atoms with Crippen molar-refractivity contribution >= 4 is 50.0 Å². The third kappa shape index (κ3) is 2.95. The number of carbonyl (C=O) groups excluding carboxylic acids is 1. The highest BCUT2D eigenvalue weighted by molar-refractivity contribution is 14.1. The zero-order valence-electron chi connectivity index (χ0n) is 7.05. The molecular weight excluding hydrogens is 345 g/mol. The molecule has 0 aliphatic carbocycles. The number of alkyl halides is 1. The van der Waals surface area contributed by atoms with Crippen LogP contribution < -0.4 is 5.73 Å². The molecule has 0 heterocycles. The zero-order chi connectivity index (χ0) is 10.0. The Kier molecular flexibility index (Phi) is 3.73. The molecule has 1 unspecified atom stereocenters. The SMILES string of the molecule is CC(=O)C(Br)c1cc(N)cc(I)c1. The second-order valence-electron chi connectivity index (χ2n) is 2.79. The molecule has 2 nitrogen and oxygen atoms in total. The third-order valence-electron chi connectivity index (χ3n) is 1.59. The number of hydrogen-bond acceptors (Lipinski definition) is 2. The van der Waals surface area contributed by atoms with Gasteiger partial charge in [-0.2, -0.15) is 0 Å². The Morgan fingerprint density at radius 2 is 2.15 bits per heavy atom. The molecule has 1 rings (SSSR count). The summed E-state index contributed by atoms with van der Waals surface area (Å²) in [6.07, 6.45) is 0. The fourth-order valence-corrected chi connectivity index (χ4v) is 2.00. The van der Waals surface area contributed by atoms with Crippen molar-refractivity contribution in [3.8, 4) is 0 Å². The van der Waals surface area contributed by atoms with Crippen molar-refractivity contribution in [2.75, 3.05) is 5.73 Å². The van der Waals surface area contributed by atoms with Crippen molar-refractivity contribution < 1.29 is 4.79 Å². The Labute approximate surface area is 99.2 Å². The minimum Gasteiger partial charge on any atom is -0.399 e. The van der Waals surface area contributed by atoms with Crippen molar-refractivity contribution in [3.05, 3.63) is 27.3 Å². The largest absolute Gasteiger partial charge is 0.399 e. The van der Waals surface area contributed by atoms with Crippen LogP contribution in [0.1, 0.15) is 17.3 Å². The summed E-state index contributed by atoms with van der Waals surface area (Å²) in [7, 11) is 0. The Morgan fingerprint density at radius 1 is 1.54 bits per heavy atom. The first-order chi connectivity index (χ1) is 6.00. The van der Waals surface area contributed by atoms with Crippen molar-refractivity contribution in [2.45, 2.75) is 11.8 Å². The molecule has 0 aromatic heterocycles. The van der Waals surface area contributed by atoms with E-state index in [1.807, 2.05) is 18.2 Å². The number of rotatable bonds is 2. The Morgan fingerprint density at radius 3 is 2.62 bits per heavy atom. The van der Waals surface area contributed by atoms with Crippen LogP contribution in [0, 0.1) is 3.57 Å². The molecule has 1 atom stereocenters. The molecule has 2 N–H and O–H groups in total. The molecule has 0 saturated heterocycles. The van der Waals surface area contributed by atoms with Crippen LogP contribution in [0.15, 0.2) is 18.2 Å². The molecule has 13 heavy (non-hydrogen) atoms. The van der Waals surface area contributed by atoms with Gasteiger partial charge in [0.15, 0.2) is 0 Å². The van der Waals surface area contributed by atoms with E-state index in [2.05, 4.69) is 38.5 Å². The molecule has 0 radical (unpaired) electrons. The summed E-state index contributed by atoms with van der Waals surface area (Å²) in [6.45, 7) is 1.55. The van der Waals surface area contributed by atoms with E-state index in [4.69, 9.17) is 5.73 Å². The summed E-state index contributed by atoms with van der Waals surface area (Å²) < 4.78 is 1.04. The van der Waals surface area contributed by atoms with E-state index in [9.17, 15) is 4.79 Å². The molecule has 0 aliphatic rings. The van der Waals surface area contributed by atoms with Gasteiger partial charge in [-0.25, -0.2) is 0 Å². The minimum absolute atomic E-state index is 0.0846.